The predicted octanol–water partition coefficient (Wildman–Crippen LogP) is 3.01. The van der Waals surface area contributed by atoms with Crippen molar-refractivity contribution in [1.82, 2.24) is 4.98 Å². The van der Waals surface area contributed by atoms with Crippen LogP contribution in [0.4, 0.5) is 0 Å². The minimum absolute atomic E-state index is 0.294. The molecule has 1 aromatic heterocycles. The van der Waals surface area contributed by atoms with Crippen LogP contribution in [0.25, 0.3) is 10.8 Å². The van der Waals surface area contributed by atoms with E-state index >= 15 is 0 Å². The van der Waals surface area contributed by atoms with Gasteiger partial charge in [0.15, 0.2) is 0 Å². The van der Waals surface area contributed by atoms with Crippen LogP contribution in [-0.2, 0) is 10.3 Å². The van der Waals surface area contributed by atoms with Crippen LogP contribution in [-0.4, -0.2) is 22.3 Å². The maximum atomic E-state index is 11.1. The van der Waals surface area contributed by atoms with E-state index in [9.17, 15) is 5.11 Å². The third kappa shape index (κ3) is 2.24. The first-order valence-corrected chi connectivity index (χ1v) is 6.70. The lowest BCUT2D eigenvalue weighted by Gasteiger charge is -2.42. The number of aromatic nitrogens is 1. The summed E-state index contributed by atoms with van der Waals surface area (Å²) in [7, 11) is 0. The molecule has 100 valence electrons. The molecule has 3 rings (SSSR count). The fraction of sp³-hybridized carbons (Fsp3) is 0.438. The van der Waals surface area contributed by atoms with Crippen molar-refractivity contribution in [2.75, 3.05) is 6.61 Å². The Bertz CT molecular complexity index is 603. The Hall–Kier alpha value is -1.45. The van der Waals surface area contributed by atoms with Crippen molar-refractivity contribution >= 4 is 10.8 Å². The number of fused-ring (bicyclic) bond motifs is 1. The van der Waals surface area contributed by atoms with Gasteiger partial charge in [-0.3, -0.25) is 4.98 Å². The topological polar surface area (TPSA) is 42.4 Å². The molecule has 1 atom stereocenters. The standard InChI is InChI=1S/C16H19NO2/c1-15(2)11-16(18,7-9-19-15)14-5-3-4-12-6-8-17-10-13(12)14/h3-6,8,10,18H,7,9,11H2,1-2H3. The maximum Gasteiger partial charge on any atom is 0.0952 e. The average Bonchev–Trinajstić information content (AvgIpc) is 2.36. The molecule has 2 heterocycles. The molecule has 0 spiro atoms. The van der Waals surface area contributed by atoms with E-state index in [1.165, 1.54) is 0 Å². The Labute approximate surface area is 113 Å². The Kier molecular flexibility index (Phi) is 2.84. The summed E-state index contributed by atoms with van der Waals surface area (Å²) < 4.78 is 5.72. The second-order valence-electron chi connectivity index (χ2n) is 5.97. The molecule has 1 unspecified atom stereocenters. The van der Waals surface area contributed by atoms with E-state index in [1.807, 2.05) is 44.3 Å². The van der Waals surface area contributed by atoms with Gasteiger partial charge in [0, 0.05) is 30.6 Å². The van der Waals surface area contributed by atoms with Crippen LogP contribution < -0.4 is 0 Å². The molecule has 1 aliphatic heterocycles. The van der Waals surface area contributed by atoms with Crippen molar-refractivity contribution in [2.24, 2.45) is 0 Å². The van der Waals surface area contributed by atoms with E-state index in [0.29, 0.717) is 19.4 Å². The van der Waals surface area contributed by atoms with Gasteiger partial charge >= 0.3 is 0 Å². The molecule has 0 radical (unpaired) electrons. The van der Waals surface area contributed by atoms with Crippen LogP contribution in [0.2, 0.25) is 0 Å². The molecule has 0 aliphatic carbocycles. The van der Waals surface area contributed by atoms with Gasteiger partial charge in [-0.15, -0.1) is 0 Å². The summed E-state index contributed by atoms with van der Waals surface area (Å²) in [5.74, 6) is 0. The summed E-state index contributed by atoms with van der Waals surface area (Å²) in [6, 6.07) is 8.03. The van der Waals surface area contributed by atoms with E-state index in [-0.39, 0.29) is 5.60 Å². The van der Waals surface area contributed by atoms with Crippen LogP contribution in [0, 0.1) is 0 Å². The number of ether oxygens (including phenoxy) is 1. The third-order valence-electron chi connectivity index (χ3n) is 3.91. The number of pyridine rings is 1. The van der Waals surface area contributed by atoms with Crippen LogP contribution in [0.1, 0.15) is 32.3 Å². The van der Waals surface area contributed by atoms with E-state index < -0.39 is 5.60 Å². The van der Waals surface area contributed by atoms with Crippen molar-refractivity contribution in [3.8, 4) is 0 Å². The molecule has 2 aromatic rings. The molecular weight excluding hydrogens is 238 g/mol. The van der Waals surface area contributed by atoms with Crippen molar-refractivity contribution in [3.63, 3.8) is 0 Å². The van der Waals surface area contributed by atoms with Crippen LogP contribution in [0.15, 0.2) is 36.7 Å². The average molecular weight is 257 g/mol. The van der Waals surface area contributed by atoms with E-state index in [0.717, 1.165) is 16.3 Å². The van der Waals surface area contributed by atoms with Gasteiger partial charge in [-0.1, -0.05) is 18.2 Å². The first-order chi connectivity index (χ1) is 9.00. The smallest absolute Gasteiger partial charge is 0.0952 e. The normalized spacial score (nSPS) is 26.5. The molecule has 1 aliphatic rings. The zero-order valence-corrected chi connectivity index (χ0v) is 11.4. The summed E-state index contributed by atoms with van der Waals surface area (Å²) in [5, 5.41) is 13.2. The Morgan fingerprint density at radius 1 is 1.26 bits per heavy atom. The number of hydrogen-bond acceptors (Lipinski definition) is 3. The highest BCUT2D eigenvalue weighted by molar-refractivity contribution is 5.85. The number of rotatable bonds is 1. The van der Waals surface area contributed by atoms with Gasteiger partial charge in [0.25, 0.3) is 0 Å². The Morgan fingerprint density at radius 3 is 2.89 bits per heavy atom. The lowest BCUT2D eigenvalue weighted by Crippen LogP contribution is -2.44. The zero-order chi connectivity index (χ0) is 13.5. The van der Waals surface area contributed by atoms with Gasteiger partial charge in [0.05, 0.1) is 17.8 Å². The van der Waals surface area contributed by atoms with Crippen molar-refractivity contribution in [3.05, 3.63) is 42.2 Å². The van der Waals surface area contributed by atoms with Crippen LogP contribution in [0.5, 0.6) is 0 Å². The Balaban J connectivity index is 2.13. The fourth-order valence-corrected chi connectivity index (χ4v) is 3.09. The highest BCUT2D eigenvalue weighted by Crippen LogP contribution is 2.41. The molecule has 1 fully saturated rings. The minimum atomic E-state index is -0.829. The molecule has 19 heavy (non-hydrogen) atoms. The first kappa shape index (κ1) is 12.6. The molecule has 0 amide bonds. The SMILES string of the molecule is CC1(C)CC(O)(c2cccc3ccncc23)CCO1. The predicted molar refractivity (Wildman–Crippen MR) is 74.9 cm³/mol. The zero-order valence-electron chi connectivity index (χ0n) is 11.4. The van der Waals surface area contributed by atoms with Crippen LogP contribution in [0.3, 0.4) is 0 Å². The highest BCUT2D eigenvalue weighted by Gasteiger charge is 2.41. The molecular formula is C16H19NO2. The van der Waals surface area contributed by atoms with Gasteiger partial charge in [-0.05, 0) is 30.9 Å². The number of hydrogen-bond donors (Lipinski definition) is 1. The number of nitrogens with zero attached hydrogens (tertiary/aromatic N) is 1. The highest BCUT2D eigenvalue weighted by atomic mass is 16.5. The van der Waals surface area contributed by atoms with Crippen LogP contribution >= 0.6 is 0 Å². The number of aliphatic hydroxyl groups is 1. The molecule has 3 nitrogen and oxygen atoms in total. The summed E-state index contributed by atoms with van der Waals surface area (Å²) in [6.07, 6.45) is 4.85. The molecule has 0 saturated carbocycles. The van der Waals surface area contributed by atoms with Crippen molar-refractivity contribution in [2.45, 2.75) is 37.9 Å². The van der Waals surface area contributed by atoms with Gasteiger partial charge in [-0.25, -0.2) is 0 Å². The second-order valence-corrected chi connectivity index (χ2v) is 5.97. The third-order valence-corrected chi connectivity index (χ3v) is 3.91. The van der Waals surface area contributed by atoms with Crippen molar-refractivity contribution < 1.29 is 9.84 Å². The summed E-state index contributed by atoms with van der Waals surface area (Å²) in [4.78, 5) is 4.19. The molecule has 1 aromatic carbocycles. The monoisotopic (exact) mass is 257 g/mol. The quantitative estimate of drug-likeness (QED) is 0.854. The van der Waals surface area contributed by atoms with Gasteiger partial charge in [-0.2, -0.15) is 0 Å². The largest absolute Gasteiger partial charge is 0.385 e. The summed E-state index contributed by atoms with van der Waals surface area (Å²) in [5.41, 5.74) is -0.156. The number of benzene rings is 1. The van der Waals surface area contributed by atoms with E-state index in [1.54, 1.807) is 6.20 Å². The van der Waals surface area contributed by atoms with E-state index in [4.69, 9.17) is 4.74 Å². The van der Waals surface area contributed by atoms with Gasteiger partial charge < -0.3 is 9.84 Å². The van der Waals surface area contributed by atoms with Gasteiger partial charge in [0.2, 0.25) is 0 Å². The fourth-order valence-electron chi connectivity index (χ4n) is 3.09. The molecule has 0 bridgehead atoms. The molecule has 1 saturated heterocycles. The molecule has 3 heteroatoms. The lowest BCUT2D eigenvalue weighted by atomic mass is 9.78. The summed E-state index contributed by atoms with van der Waals surface area (Å²) >= 11 is 0. The van der Waals surface area contributed by atoms with Gasteiger partial charge in [0.1, 0.15) is 0 Å². The van der Waals surface area contributed by atoms with E-state index in [2.05, 4.69) is 4.98 Å². The Morgan fingerprint density at radius 2 is 2.11 bits per heavy atom. The molecule has 1 N–H and O–H groups in total. The maximum absolute atomic E-state index is 11.1. The minimum Gasteiger partial charge on any atom is -0.385 e. The first-order valence-electron chi connectivity index (χ1n) is 6.70. The summed E-state index contributed by atoms with van der Waals surface area (Å²) in [6.45, 7) is 4.64. The second kappa shape index (κ2) is 4.29. The van der Waals surface area contributed by atoms with Crippen molar-refractivity contribution in [1.29, 1.82) is 0 Å². The lowest BCUT2D eigenvalue weighted by molar-refractivity contribution is -0.147.